The summed E-state index contributed by atoms with van der Waals surface area (Å²) in [5, 5.41) is 1.69. The number of aromatic nitrogens is 1. The first-order valence-electron chi connectivity index (χ1n) is 6.59. The predicted molar refractivity (Wildman–Crippen MR) is 76.5 cm³/mol. The molecule has 0 aliphatic carbocycles. The molecule has 1 aliphatic rings. The van der Waals surface area contributed by atoms with E-state index >= 15 is 0 Å². The topological polar surface area (TPSA) is 31.4 Å². The van der Waals surface area contributed by atoms with Crippen LogP contribution in [0.3, 0.4) is 0 Å². The Morgan fingerprint density at radius 2 is 1.89 bits per heavy atom. The van der Waals surface area contributed by atoms with Gasteiger partial charge in [-0.15, -0.1) is 0 Å². The van der Waals surface area contributed by atoms with Gasteiger partial charge in [0.2, 0.25) is 0 Å². The van der Waals surface area contributed by atoms with E-state index in [0.717, 1.165) is 51.5 Å². The van der Waals surface area contributed by atoms with Crippen LogP contribution in [0.4, 0.5) is 0 Å². The zero-order valence-electron chi connectivity index (χ0n) is 11.1. The minimum Gasteiger partial charge on any atom is -0.490 e. The second kappa shape index (κ2) is 4.89. The third kappa shape index (κ3) is 2.12. The fourth-order valence-corrected chi connectivity index (χ4v) is 2.63. The molecule has 1 aromatic heterocycles. The number of hydrogen-bond donors (Lipinski definition) is 0. The Morgan fingerprint density at radius 1 is 1.21 bits per heavy atom. The standard InChI is InChI=1S/C15H16ClNO2/c1-3-11-9(2)15(16)10-7-13-14(8-12(10)17-11)19-6-4-5-18-13/h7-8H,3-6H2,1-2H3. The SMILES string of the molecule is CCc1nc2cc3c(cc2c(Cl)c1C)OCCCO3. The molecular weight excluding hydrogens is 262 g/mol. The number of ether oxygens (including phenoxy) is 2. The molecule has 1 aromatic carbocycles. The summed E-state index contributed by atoms with van der Waals surface area (Å²) in [6, 6.07) is 3.87. The van der Waals surface area contributed by atoms with Crippen molar-refractivity contribution in [1.82, 2.24) is 4.98 Å². The van der Waals surface area contributed by atoms with Gasteiger partial charge in [-0.2, -0.15) is 0 Å². The van der Waals surface area contributed by atoms with Gasteiger partial charge in [0.1, 0.15) is 0 Å². The fourth-order valence-electron chi connectivity index (χ4n) is 2.37. The van der Waals surface area contributed by atoms with Gasteiger partial charge >= 0.3 is 0 Å². The van der Waals surface area contributed by atoms with E-state index in [1.807, 2.05) is 19.1 Å². The average molecular weight is 278 g/mol. The Morgan fingerprint density at radius 3 is 2.58 bits per heavy atom. The van der Waals surface area contributed by atoms with Gasteiger partial charge in [0.05, 0.1) is 23.8 Å². The maximum atomic E-state index is 6.46. The molecular formula is C15H16ClNO2. The highest BCUT2D eigenvalue weighted by Gasteiger charge is 2.16. The van der Waals surface area contributed by atoms with Crippen LogP contribution in [0.1, 0.15) is 24.6 Å². The van der Waals surface area contributed by atoms with Crippen LogP contribution in [0.15, 0.2) is 12.1 Å². The number of nitrogens with zero attached hydrogens (tertiary/aromatic N) is 1. The van der Waals surface area contributed by atoms with E-state index in [0.29, 0.717) is 13.2 Å². The zero-order chi connectivity index (χ0) is 13.4. The van der Waals surface area contributed by atoms with E-state index in [1.165, 1.54) is 0 Å². The van der Waals surface area contributed by atoms with Crippen LogP contribution in [-0.2, 0) is 6.42 Å². The third-order valence-corrected chi connectivity index (χ3v) is 3.94. The fraction of sp³-hybridized carbons (Fsp3) is 0.400. The maximum absolute atomic E-state index is 6.46. The minimum atomic E-state index is 0.676. The van der Waals surface area contributed by atoms with Crippen molar-refractivity contribution in [3.05, 3.63) is 28.4 Å². The van der Waals surface area contributed by atoms with E-state index in [4.69, 9.17) is 21.1 Å². The molecule has 3 rings (SSSR count). The first kappa shape index (κ1) is 12.5. The van der Waals surface area contributed by atoms with Crippen molar-refractivity contribution in [1.29, 1.82) is 0 Å². The summed E-state index contributed by atoms with van der Waals surface area (Å²) in [6.07, 6.45) is 1.77. The van der Waals surface area contributed by atoms with Crippen molar-refractivity contribution in [3.63, 3.8) is 0 Å². The van der Waals surface area contributed by atoms with Crippen LogP contribution >= 0.6 is 11.6 Å². The van der Waals surface area contributed by atoms with Crippen LogP contribution < -0.4 is 9.47 Å². The third-order valence-electron chi connectivity index (χ3n) is 3.45. The van der Waals surface area contributed by atoms with Crippen molar-refractivity contribution >= 4 is 22.5 Å². The molecule has 0 unspecified atom stereocenters. The summed E-state index contributed by atoms with van der Waals surface area (Å²) >= 11 is 6.46. The zero-order valence-corrected chi connectivity index (χ0v) is 11.9. The molecule has 0 amide bonds. The Bertz CT molecular complexity index is 640. The normalized spacial score (nSPS) is 14.5. The van der Waals surface area contributed by atoms with Crippen molar-refractivity contribution in [2.24, 2.45) is 0 Å². The highest BCUT2D eigenvalue weighted by molar-refractivity contribution is 6.36. The van der Waals surface area contributed by atoms with Crippen LogP contribution in [0.2, 0.25) is 5.02 Å². The molecule has 1 aliphatic heterocycles. The average Bonchev–Trinajstić information content (AvgIpc) is 2.65. The Kier molecular flexibility index (Phi) is 3.23. The second-order valence-corrected chi connectivity index (χ2v) is 5.10. The van der Waals surface area contributed by atoms with E-state index in [-0.39, 0.29) is 0 Å². The number of aryl methyl sites for hydroxylation is 1. The van der Waals surface area contributed by atoms with Gasteiger partial charge in [0, 0.05) is 23.6 Å². The molecule has 0 fully saturated rings. The van der Waals surface area contributed by atoms with E-state index in [1.54, 1.807) is 0 Å². The van der Waals surface area contributed by atoms with Gasteiger partial charge in [-0.3, -0.25) is 4.98 Å². The van der Waals surface area contributed by atoms with Gasteiger partial charge in [0.25, 0.3) is 0 Å². The summed E-state index contributed by atoms with van der Waals surface area (Å²) in [6.45, 7) is 5.45. The van der Waals surface area contributed by atoms with Crippen molar-refractivity contribution in [3.8, 4) is 11.5 Å². The monoisotopic (exact) mass is 277 g/mol. The summed E-state index contributed by atoms with van der Waals surface area (Å²) in [5.41, 5.74) is 2.95. The molecule has 2 aromatic rings. The lowest BCUT2D eigenvalue weighted by Gasteiger charge is -2.12. The lowest BCUT2D eigenvalue weighted by molar-refractivity contribution is 0.297. The van der Waals surface area contributed by atoms with Crippen LogP contribution in [0.25, 0.3) is 10.9 Å². The summed E-state index contributed by atoms with van der Waals surface area (Å²) in [4.78, 5) is 4.67. The maximum Gasteiger partial charge on any atom is 0.163 e. The quantitative estimate of drug-likeness (QED) is 0.792. The Hall–Kier alpha value is -1.48. The van der Waals surface area contributed by atoms with Crippen LogP contribution in [-0.4, -0.2) is 18.2 Å². The lowest BCUT2D eigenvalue weighted by Crippen LogP contribution is -1.97. The molecule has 3 nitrogen and oxygen atoms in total. The molecule has 0 spiro atoms. The summed E-state index contributed by atoms with van der Waals surface area (Å²) in [5.74, 6) is 1.52. The van der Waals surface area contributed by atoms with Crippen LogP contribution in [0.5, 0.6) is 11.5 Å². The van der Waals surface area contributed by atoms with E-state index in [9.17, 15) is 0 Å². The predicted octanol–water partition coefficient (Wildman–Crippen LogP) is 3.92. The molecule has 0 saturated heterocycles. The van der Waals surface area contributed by atoms with E-state index in [2.05, 4.69) is 11.9 Å². The molecule has 0 N–H and O–H groups in total. The number of halogens is 1. The highest BCUT2D eigenvalue weighted by Crippen LogP contribution is 2.37. The van der Waals surface area contributed by atoms with Crippen molar-refractivity contribution in [2.45, 2.75) is 26.7 Å². The number of rotatable bonds is 1. The van der Waals surface area contributed by atoms with Gasteiger partial charge in [-0.1, -0.05) is 18.5 Å². The van der Waals surface area contributed by atoms with Crippen molar-refractivity contribution in [2.75, 3.05) is 13.2 Å². The van der Waals surface area contributed by atoms with Gasteiger partial charge < -0.3 is 9.47 Å². The second-order valence-electron chi connectivity index (χ2n) is 4.72. The molecule has 100 valence electrons. The summed E-state index contributed by atoms with van der Waals surface area (Å²) < 4.78 is 11.4. The molecule has 19 heavy (non-hydrogen) atoms. The van der Waals surface area contributed by atoms with E-state index < -0.39 is 0 Å². The number of fused-ring (bicyclic) bond motifs is 2. The summed E-state index contributed by atoms with van der Waals surface area (Å²) in [7, 11) is 0. The smallest absolute Gasteiger partial charge is 0.163 e. The van der Waals surface area contributed by atoms with Crippen molar-refractivity contribution < 1.29 is 9.47 Å². The number of pyridine rings is 1. The molecule has 0 atom stereocenters. The molecule has 0 saturated carbocycles. The minimum absolute atomic E-state index is 0.676. The van der Waals surface area contributed by atoms with Gasteiger partial charge in [-0.25, -0.2) is 0 Å². The highest BCUT2D eigenvalue weighted by atomic mass is 35.5. The lowest BCUT2D eigenvalue weighted by atomic mass is 10.1. The molecule has 2 heterocycles. The molecule has 4 heteroatoms. The first-order chi connectivity index (χ1) is 9.20. The largest absolute Gasteiger partial charge is 0.490 e. The molecule has 0 bridgehead atoms. The number of hydrogen-bond acceptors (Lipinski definition) is 3. The van der Waals surface area contributed by atoms with Gasteiger partial charge in [0.15, 0.2) is 11.5 Å². The Labute approximate surface area is 117 Å². The van der Waals surface area contributed by atoms with Gasteiger partial charge in [-0.05, 0) is 25.0 Å². The Balaban J connectivity index is 2.26. The first-order valence-corrected chi connectivity index (χ1v) is 6.97. The van der Waals surface area contributed by atoms with Crippen LogP contribution in [0, 0.1) is 6.92 Å². The molecule has 0 radical (unpaired) electrons. The number of benzene rings is 1.